The average molecular weight is 225 g/mol. The van der Waals surface area contributed by atoms with Gasteiger partial charge in [0.25, 0.3) is 0 Å². The van der Waals surface area contributed by atoms with Gasteiger partial charge in [0.2, 0.25) is 0 Å². The molecule has 90 valence electrons. The fourth-order valence-electron chi connectivity index (χ4n) is 1.36. The highest BCUT2D eigenvalue weighted by Crippen LogP contribution is 2.05. The first kappa shape index (κ1) is 12.9. The number of methoxy groups -OCH3 is 1. The van der Waals surface area contributed by atoms with E-state index in [1.807, 2.05) is 6.07 Å². The largest absolute Gasteiger partial charge is 0.389 e. The molecule has 0 saturated heterocycles. The molecule has 0 saturated carbocycles. The van der Waals surface area contributed by atoms with Gasteiger partial charge in [0.1, 0.15) is 12.1 Å². The van der Waals surface area contributed by atoms with E-state index < -0.39 is 6.10 Å². The normalized spacial score (nSPS) is 12.4. The molecule has 5 heteroatoms. The summed E-state index contributed by atoms with van der Waals surface area (Å²) in [6.45, 7) is 2.86. The van der Waals surface area contributed by atoms with Crippen molar-refractivity contribution in [3.63, 3.8) is 0 Å². The first-order valence-corrected chi connectivity index (χ1v) is 5.48. The summed E-state index contributed by atoms with van der Waals surface area (Å²) in [5, 5.41) is 12.5. The summed E-state index contributed by atoms with van der Waals surface area (Å²) in [4.78, 5) is 8.23. The van der Waals surface area contributed by atoms with Gasteiger partial charge in [-0.3, -0.25) is 0 Å². The van der Waals surface area contributed by atoms with E-state index in [4.69, 9.17) is 4.74 Å². The number of rotatable bonds is 7. The van der Waals surface area contributed by atoms with Gasteiger partial charge in [-0.25, -0.2) is 9.97 Å². The van der Waals surface area contributed by atoms with Crippen molar-refractivity contribution in [1.82, 2.24) is 9.97 Å². The highest BCUT2D eigenvalue weighted by molar-refractivity contribution is 5.34. The number of aliphatic hydroxyl groups excluding tert-OH is 1. The van der Waals surface area contributed by atoms with Gasteiger partial charge in [0.15, 0.2) is 0 Å². The zero-order valence-electron chi connectivity index (χ0n) is 9.81. The molecule has 0 aliphatic heterocycles. The number of nitrogens with zero attached hydrogens (tertiary/aromatic N) is 2. The van der Waals surface area contributed by atoms with Crippen LogP contribution in [0.1, 0.15) is 19.0 Å². The Hall–Kier alpha value is -1.20. The van der Waals surface area contributed by atoms with Crippen LogP contribution in [0.5, 0.6) is 0 Å². The number of hydrogen-bond acceptors (Lipinski definition) is 5. The van der Waals surface area contributed by atoms with Gasteiger partial charge in [-0.05, 0) is 6.42 Å². The molecule has 0 radical (unpaired) electrons. The molecule has 5 nitrogen and oxygen atoms in total. The van der Waals surface area contributed by atoms with Crippen LogP contribution in [0.3, 0.4) is 0 Å². The van der Waals surface area contributed by atoms with Crippen LogP contribution in [-0.2, 0) is 11.2 Å². The minimum atomic E-state index is -0.519. The molecular formula is C11H19N3O2. The van der Waals surface area contributed by atoms with Gasteiger partial charge < -0.3 is 15.2 Å². The van der Waals surface area contributed by atoms with E-state index in [1.54, 1.807) is 7.11 Å². The summed E-state index contributed by atoms with van der Waals surface area (Å²) in [5.41, 5.74) is 1.02. The van der Waals surface area contributed by atoms with Crippen molar-refractivity contribution in [3.05, 3.63) is 18.1 Å². The summed E-state index contributed by atoms with van der Waals surface area (Å²) < 4.78 is 4.83. The molecule has 16 heavy (non-hydrogen) atoms. The van der Waals surface area contributed by atoms with Crippen LogP contribution in [0.2, 0.25) is 0 Å². The highest BCUT2D eigenvalue weighted by Gasteiger charge is 2.04. The molecule has 0 amide bonds. The second-order valence-electron chi connectivity index (χ2n) is 3.63. The maximum atomic E-state index is 9.45. The van der Waals surface area contributed by atoms with Crippen LogP contribution in [0, 0.1) is 0 Å². The molecule has 1 unspecified atom stereocenters. The number of anilines is 1. The lowest BCUT2D eigenvalue weighted by Crippen LogP contribution is -2.24. The molecule has 1 aromatic heterocycles. The Labute approximate surface area is 95.9 Å². The van der Waals surface area contributed by atoms with E-state index in [-0.39, 0.29) is 0 Å². The first-order chi connectivity index (χ1) is 7.76. The van der Waals surface area contributed by atoms with E-state index in [0.29, 0.717) is 13.2 Å². The maximum absolute atomic E-state index is 9.45. The lowest BCUT2D eigenvalue weighted by molar-refractivity contribution is 0.0727. The number of ether oxygens (including phenoxy) is 1. The summed E-state index contributed by atoms with van der Waals surface area (Å²) in [6.07, 6.45) is 3.02. The molecule has 0 fully saturated rings. The molecule has 1 rings (SSSR count). The van der Waals surface area contributed by atoms with Crippen LogP contribution in [0.25, 0.3) is 0 Å². The van der Waals surface area contributed by atoms with Crippen LogP contribution < -0.4 is 5.32 Å². The fraction of sp³-hybridized carbons (Fsp3) is 0.636. The number of hydrogen-bond donors (Lipinski definition) is 2. The third-order valence-corrected chi connectivity index (χ3v) is 2.11. The molecule has 1 heterocycles. The van der Waals surface area contributed by atoms with Gasteiger partial charge in [-0.2, -0.15) is 0 Å². The van der Waals surface area contributed by atoms with E-state index in [9.17, 15) is 5.11 Å². The van der Waals surface area contributed by atoms with Crippen molar-refractivity contribution in [1.29, 1.82) is 0 Å². The molecular weight excluding hydrogens is 206 g/mol. The summed E-state index contributed by atoms with van der Waals surface area (Å²) in [5.74, 6) is 0.744. The van der Waals surface area contributed by atoms with Crippen molar-refractivity contribution in [2.45, 2.75) is 25.9 Å². The summed E-state index contributed by atoms with van der Waals surface area (Å²) in [6, 6.07) is 1.91. The topological polar surface area (TPSA) is 67.3 Å². The highest BCUT2D eigenvalue weighted by atomic mass is 16.5. The SMILES string of the molecule is CCCc1cc(NCC(O)COC)ncn1. The molecule has 1 aromatic rings. The number of nitrogens with one attached hydrogen (secondary N) is 1. The van der Waals surface area contributed by atoms with Gasteiger partial charge in [0.05, 0.1) is 12.7 Å². The van der Waals surface area contributed by atoms with Gasteiger partial charge in [0, 0.05) is 25.4 Å². The van der Waals surface area contributed by atoms with Crippen LogP contribution in [0.15, 0.2) is 12.4 Å². The second-order valence-corrected chi connectivity index (χ2v) is 3.63. The lowest BCUT2D eigenvalue weighted by Gasteiger charge is -2.11. The van der Waals surface area contributed by atoms with Crippen LogP contribution >= 0.6 is 0 Å². The van der Waals surface area contributed by atoms with E-state index in [1.165, 1.54) is 6.33 Å². The van der Waals surface area contributed by atoms with E-state index in [0.717, 1.165) is 24.4 Å². The quantitative estimate of drug-likeness (QED) is 0.720. The van der Waals surface area contributed by atoms with Crippen molar-refractivity contribution in [3.8, 4) is 0 Å². The van der Waals surface area contributed by atoms with Gasteiger partial charge in [-0.15, -0.1) is 0 Å². The summed E-state index contributed by atoms with van der Waals surface area (Å²) >= 11 is 0. The maximum Gasteiger partial charge on any atom is 0.129 e. The third-order valence-electron chi connectivity index (χ3n) is 2.11. The molecule has 0 spiro atoms. The molecule has 0 bridgehead atoms. The Balaban J connectivity index is 2.44. The van der Waals surface area contributed by atoms with Crippen molar-refractivity contribution < 1.29 is 9.84 Å². The number of aryl methyl sites for hydroxylation is 1. The smallest absolute Gasteiger partial charge is 0.129 e. The Morgan fingerprint density at radius 3 is 3.00 bits per heavy atom. The fourth-order valence-corrected chi connectivity index (χ4v) is 1.36. The van der Waals surface area contributed by atoms with Crippen molar-refractivity contribution in [2.24, 2.45) is 0 Å². The monoisotopic (exact) mass is 225 g/mol. The minimum absolute atomic E-state index is 0.319. The molecule has 0 aliphatic rings. The average Bonchev–Trinajstić information content (AvgIpc) is 2.28. The summed E-state index contributed by atoms with van der Waals surface area (Å²) in [7, 11) is 1.56. The van der Waals surface area contributed by atoms with Crippen molar-refractivity contribution >= 4 is 5.82 Å². The van der Waals surface area contributed by atoms with E-state index >= 15 is 0 Å². The Morgan fingerprint density at radius 1 is 1.50 bits per heavy atom. The third kappa shape index (κ3) is 4.55. The van der Waals surface area contributed by atoms with Crippen LogP contribution in [0.4, 0.5) is 5.82 Å². The molecule has 0 aliphatic carbocycles. The minimum Gasteiger partial charge on any atom is -0.389 e. The van der Waals surface area contributed by atoms with E-state index in [2.05, 4.69) is 22.2 Å². The predicted octanol–water partition coefficient (Wildman–Crippen LogP) is 0.848. The van der Waals surface area contributed by atoms with Gasteiger partial charge in [-0.1, -0.05) is 13.3 Å². The van der Waals surface area contributed by atoms with Crippen molar-refractivity contribution in [2.75, 3.05) is 25.6 Å². The molecule has 0 aromatic carbocycles. The lowest BCUT2D eigenvalue weighted by atomic mass is 10.2. The Bertz CT molecular complexity index is 307. The predicted molar refractivity (Wildman–Crippen MR) is 62.4 cm³/mol. The van der Waals surface area contributed by atoms with Gasteiger partial charge >= 0.3 is 0 Å². The van der Waals surface area contributed by atoms with Crippen LogP contribution in [-0.4, -0.2) is 41.4 Å². The zero-order chi connectivity index (χ0) is 11.8. The molecule has 2 N–H and O–H groups in total. The number of aromatic nitrogens is 2. The Kier molecular flexibility index (Phi) is 5.74. The zero-order valence-corrected chi connectivity index (χ0v) is 9.81. The number of aliphatic hydroxyl groups is 1. The first-order valence-electron chi connectivity index (χ1n) is 5.48. The Morgan fingerprint density at radius 2 is 2.31 bits per heavy atom. The standard InChI is InChI=1S/C11H19N3O2/c1-3-4-9-5-11(14-8-13-9)12-6-10(15)7-16-2/h5,8,10,15H,3-4,6-7H2,1-2H3,(H,12,13,14). The molecule has 1 atom stereocenters. The second kappa shape index (κ2) is 7.14.